The number of rotatable bonds is 4. The Labute approximate surface area is 131 Å². The molecule has 0 spiro atoms. The molecule has 2 aliphatic rings. The van der Waals surface area contributed by atoms with Crippen molar-refractivity contribution in [3.8, 4) is 0 Å². The van der Waals surface area contributed by atoms with Crippen LogP contribution in [0.4, 0.5) is 0 Å². The van der Waals surface area contributed by atoms with E-state index in [1.165, 1.54) is 5.56 Å². The average molecular weight is 304 g/mol. The van der Waals surface area contributed by atoms with Gasteiger partial charge in [0, 0.05) is 45.2 Å². The van der Waals surface area contributed by atoms with Crippen molar-refractivity contribution in [2.75, 3.05) is 26.9 Å². The summed E-state index contributed by atoms with van der Waals surface area (Å²) in [5.74, 6) is 0.395. The van der Waals surface area contributed by atoms with Crippen LogP contribution in [0.5, 0.6) is 0 Å². The Morgan fingerprint density at radius 3 is 2.73 bits per heavy atom. The molecule has 3 rings (SSSR count). The lowest BCUT2D eigenvalue weighted by Gasteiger charge is -2.32. The van der Waals surface area contributed by atoms with E-state index in [4.69, 9.17) is 9.47 Å². The van der Waals surface area contributed by atoms with Crippen LogP contribution in [0.1, 0.15) is 24.8 Å². The Morgan fingerprint density at radius 1 is 1.32 bits per heavy atom. The zero-order valence-corrected chi connectivity index (χ0v) is 13.1. The van der Waals surface area contributed by atoms with Gasteiger partial charge in [-0.15, -0.1) is 0 Å². The van der Waals surface area contributed by atoms with E-state index >= 15 is 0 Å². The third kappa shape index (κ3) is 3.31. The molecule has 0 aliphatic carbocycles. The van der Waals surface area contributed by atoms with Gasteiger partial charge in [0.25, 0.3) is 0 Å². The highest BCUT2D eigenvalue weighted by Gasteiger charge is 2.39. The van der Waals surface area contributed by atoms with Gasteiger partial charge in [0.2, 0.25) is 5.91 Å². The van der Waals surface area contributed by atoms with Crippen molar-refractivity contribution >= 4 is 5.91 Å². The first-order chi connectivity index (χ1) is 10.8. The zero-order valence-electron chi connectivity index (χ0n) is 13.1. The molecule has 2 saturated heterocycles. The van der Waals surface area contributed by atoms with Crippen molar-refractivity contribution < 1.29 is 14.3 Å². The minimum Gasteiger partial charge on any atom is -0.381 e. The standard InChI is InChI=1S/C17H24N2O3/c1-21-16-4-9-19(17(20)14-5-10-22-11-6-14)15(16)12-13-2-7-18-8-3-13/h2-3,7-8,14-16H,4-6,9-12H2,1H3/t15-,16+/m0/s1. The van der Waals surface area contributed by atoms with Gasteiger partial charge in [-0.1, -0.05) is 0 Å². The summed E-state index contributed by atoms with van der Waals surface area (Å²) < 4.78 is 11.0. The number of likely N-dealkylation sites (tertiary alicyclic amines) is 1. The van der Waals surface area contributed by atoms with Crippen molar-refractivity contribution in [3.05, 3.63) is 30.1 Å². The van der Waals surface area contributed by atoms with Gasteiger partial charge < -0.3 is 14.4 Å². The van der Waals surface area contributed by atoms with Crippen LogP contribution in [0.25, 0.3) is 0 Å². The van der Waals surface area contributed by atoms with Gasteiger partial charge in [0.05, 0.1) is 12.1 Å². The number of hydrogen-bond acceptors (Lipinski definition) is 4. The van der Waals surface area contributed by atoms with Gasteiger partial charge in [-0.3, -0.25) is 9.78 Å². The summed E-state index contributed by atoms with van der Waals surface area (Å²) >= 11 is 0. The molecular formula is C17H24N2O3. The molecule has 2 atom stereocenters. The van der Waals surface area contributed by atoms with Crippen LogP contribution in [0, 0.1) is 5.92 Å². The van der Waals surface area contributed by atoms with Gasteiger partial charge in [-0.2, -0.15) is 0 Å². The van der Waals surface area contributed by atoms with E-state index in [9.17, 15) is 4.79 Å². The lowest BCUT2D eigenvalue weighted by atomic mass is 9.97. The second kappa shape index (κ2) is 7.20. The van der Waals surface area contributed by atoms with E-state index in [1.54, 1.807) is 19.5 Å². The summed E-state index contributed by atoms with van der Waals surface area (Å²) in [6.45, 7) is 2.20. The van der Waals surface area contributed by atoms with Crippen LogP contribution in [-0.4, -0.2) is 54.8 Å². The third-order valence-corrected chi connectivity index (χ3v) is 4.83. The van der Waals surface area contributed by atoms with Crippen LogP contribution in [0.2, 0.25) is 0 Å². The molecule has 0 N–H and O–H groups in total. The number of pyridine rings is 1. The Balaban J connectivity index is 1.72. The van der Waals surface area contributed by atoms with Crippen molar-refractivity contribution in [1.82, 2.24) is 9.88 Å². The summed E-state index contributed by atoms with van der Waals surface area (Å²) in [7, 11) is 1.74. The van der Waals surface area contributed by atoms with Crippen molar-refractivity contribution in [1.29, 1.82) is 0 Å². The predicted octanol–water partition coefficient (Wildman–Crippen LogP) is 1.67. The number of ether oxygens (including phenoxy) is 2. The molecule has 1 aromatic heterocycles. The average Bonchev–Trinajstić information content (AvgIpc) is 2.98. The fraction of sp³-hybridized carbons (Fsp3) is 0.647. The lowest BCUT2D eigenvalue weighted by Crippen LogP contribution is -2.45. The molecule has 1 aromatic rings. The van der Waals surface area contributed by atoms with Gasteiger partial charge in [0.1, 0.15) is 0 Å². The zero-order chi connectivity index (χ0) is 15.4. The normalized spacial score (nSPS) is 26.3. The monoisotopic (exact) mass is 304 g/mol. The van der Waals surface area contributed by atoms with Gasteiger partial charge in [0.15, 0.2) is 0 Å². The molecule has 5 nitrogen and oxygen atoms in total. The Bertz CT molecular complexity index is 488. The highest BCUT2D eigenvalue weighted by Crippen LogP contribution is 2.28. The van der Waals surface area contributed by atoms with E-state index < -0.39 is 0 Å². The van der Waals surface area contributed by atoms with E-state index in [-0.39, 0.29) is 24.0 Å². The third-order valence-electron chi connectivity index (χ3n) is 4.83. The quantitative estimate of drug-likeness (QED) is 0.849. The van der Waals surface area contributed by atoms with Crippen molar-refractivity contribution in [2.24, 2.45) is 5.92 Å². The second-order valence-corrected chi connectivity index (χ2v) is 6.11. The van der Waals surface area contributed by atoms with Crippen LogP contribution in [0.3, 0.4) is 0 Å². The number of amides is 1. The smallest absolute Gasteiger partial charge is 0.226 e. The SMILES string of the molecule is CO[C@@H]1CCN(C(=O)C2CCOCC2)[C@H]1Cc1ccncc1. The van der Waals surface area contributed by atoms with Gasteiger partial charge >= 0.3 is 0 Å². The predicted molar refractivity (Wildman–Crippen MR) is 82.4 cm³/mol. The number of methoxy groups -OCH3 is 1. The molecule has 22 heavy (non-hydrogen) atoms. The topological polar surface area (TPSA) is 51.7 Å². The molecule has 3 heterocycles. The number of carbonyl (C=O) groups excluding carboxylic acids is 1. The minimum absolute atomic E-state index is 0.115. The number of carbonyl (C=O) groups is 1. The molecule has 0 saturated carbocycles. The van der Waals surface area contributed by atoms with Gasteiger partial charge in [-0.25, -0.2) is 0 Å². The summed E-state index contributed by atoms with van der Waals surface area (Å²) in [6, 6.07) is 4.16. The first kappa shape index (κ1) is 15.4. The van der Waals surface area contributed by atoms with Crippen LogP contribution >= 0.6 is 0 Å². The molecule has 2 aliphatic heterocycles. The molecule has 5 heteroatoms. The maximum Gasteiger partial charge on any atom is 0.226 e. The minimum atomic E-state index is 0.115. The highest BCUT2D eigenvalue weighted by molar-refractivity contribution is 5.79. The van der Waals surface area contributed by atoms with E-state index in [0.717, 1.165) is 32.2 Å². The maximum absolute atomic E-state index is 12.9. The van der Waals surface area contributed by atoms with Crippen LogP contribution in [-0.2, 0) is 20.7 Å². The molecule has 2 fully saturated rings. The first-order valence-electron chi connectivity index (χ1n) is 8.09. The fourth-order valence-electron chi connectivity index (χ4n) is 3.55. The highest BCUT2D eigenvalue weighted by atomic mass is 16.5. The van der Waals surface area contributed by atoms with E-state index in [2.05, 4.69) is 4.98 Å². The number of nitrogens with zero attached hydrogens (tertiary/aromatic N) is 2. The van der Waals surface area contributed by atoms with E-state index in [1.807, 2.05) is 17.0 Å². The number of hydrogen-bond donors (Lipinski definition) is 0. The van der Waals surface area contributed by atoms with E-state index in [0.29, 0.717) is 13.2 Å². The fourth-order valence-corrected chi connectivity index (χ4v) is 3.55. The Kier molecular flexibility index (Phi) is 5.05. The Morgan fingerprint density at radius 2 is 2.05 bits per heavy atom. The molecule has 0 radical (unpaired) electrons. The lowest BCUT2D eigenvalue weighted by molar-refractivity contribution is -0.140. The van der Waals surface area contributed by atoms with Crippen molar-refractivity contribution in [3.63, 3.8) is 0 Å². The maximum atomic E-state index is 12.9. The molecular weight excluding hydrogens is 280 g/mol. The van der Waals surface area contributed by atoms with Gasteiger partial charge in [-0.05, 0) is 43.4 Å². The molecule has 0 unspecified atom stereocenters. The molecule has 1 amide bonds. The van der Waals surface area contributed by atoms with Crippen LogP contribution in [0.15, 0.2) is 24.5 Å². The molecule has 0 aromatic carbocycles. The summed E-state index contributed by atoms with van der Waals surface area (Å²) in [6.07, 6.45) is 7.16. The largest absolute Gasteiger partial charge is 0.381 e. The summed E-state index contributed by atoms with van der Waals surface area (Å²) in [4.78, 5) is 19.0. The molecule has 120 valence electrons. The molecule has 0 bridgehead atoms. The summed E-state index contributed by atoms with van der Waals surface area (Å²) in [5.41, 5.74) is 1.20. The number of aromatic nitrogens is 1. The second-order valence-electron chi connectivity index (χ2n) is 6.11. The van der Waals surface area contributed by atoms with Crippen molar-refractivity contribution in [2.45, 2.75) is 37.8 Å². The first-order valence-corrected chi connectivity index (χ1v) is 8.09. The summed E-state index contributed by atoms with van der Waals surface area (Å²) in [5, 5.41) is 0. The van der Waals surface area contributed by atoms with Crippen LogP contribution < -0.4 is 0 Å². The Hall–Kier alpha value is -1.46.